The van der Waals surface area contributed by atoms with Crippen LogP contribution in [0.4, 0.5) is 5.95 Å². The van der Waals surface area contributed by atoms with Crippen LogP contribution >= 0.6 is 0 Å². The van der Waals surface area contributed by atoms with Gasteiger partial charge in [-0.05, 0) is 34.6 Å². The molecule has 1 heterocycles. The highest BCUT2D eigenvalue weighted by molar-refractivity contribution is 5.75. The zero-order valence-electron chi connectivity index (χ0n) is 11.6. The van der Waals surface area contributed by atoms with Crippen molar-refractivity contribution in [2.24, 2.45) is 0 Å². The largest absolute Gasteiger partial charge is 0.465 e. The van der Waals surface area contributed by atoms with Gasteiger partial charge in [-0.1, -0.05) is 0 Å². The predicted octanol–water partition coefficient (Wildman–Crippen LogP) is 1.27. The Bertz CT molecular complexity index is 421. The van der Waals surface area contributed by atoms with Gasteiger partial charge in [0.2, 0.25) is 5.95 Å². The molecule has 0 aliphatic carbocycles. The topological polar surface area (TPSA) is 68.2 Å². The summed E-state index contributed by atoms with van der Waals surface area (Å²) in [5, 5.41) is 8.06. The fraction of sp³-hybridized carbons (Fsp3) is 0.667. The molecule has 0 saturated heterocycles. The SMILES string of the molecule is CCOC(=O)CN(c1nnc(C)c(C)n1)C(C)C. The molecule has 1 rings (SSSR count). The van der Waals surface area contributed by atoms with Crippen molar-refractivity contribution in [2.45, 2.75) is 40.7 Å². The molecule has 0 N–H and O–H groups in total. The summed E-state index contributed by atoms with van der Waals surface area (Å²) in [6.45, 7) is 9.95. The summed E-state index contributed by atoms with van der Waals surface area (Å²) in [6.07, 6.45) is 0. The highest BCUT2D eigenvalue weighted by Crippen LogP contribution is 2.11. The third-order valence-corrected chi connectivity index (χ3v) is 2.57. The molecule has 0 spiro atoms. The van der Waals surface area contributed by atoms with Crippen molar-refractivity contribution in [2.75, 3.05) is 18.1 Å². The number of hydrogen-bond acceptors (Lipinski definition) is 6. The number of rotatable bonds is 5. The van der Waals surface area contributed by atoms with Crippen molar-refractivity contribution in [1.29, 1.82) is 0 Å². The number of carbonyl (C=O) groups excluding carboxylic acids is 1. The van der Waals surface area contributed by atoms with Crippen molar-refractivity contribution in [1.82, 2.24) is 15.2 Å². The van der Waals surface area contributed by atoms with Crippen molar-refractivity contribution < 1.29 is 9.53 Å². The van der Waals surface area contributed by atoms with Gasteiger partial charge < -0.3 is 9.64 Å². The first-order valence-electron chi connectivity index (χ1n) is 6.05. The Morgan fingerprint density at radius 3 is 2.44 bits per heavy atom. The Morgan fingerprint density at radius 2 is 1.94 bits per heavy atom. The minimum Gasteiger partial charge on any atom is -0.465 e. The van der Waals surface area contributed by atoms with Gasteiger partial charge in [-0.2, -0.15) is 5.10 Å². The van der Waals surface area contributed by atoms with Crippen LogP contribution in [0, 0.1) is 13.8 Å². The predicted molar refractivity (Wildman–Crippen MR) is 68.4 cm³/mol. The van der Waals surface area contributed by atoms with Crippen LogP contribution in [0.25, 0.3) is 0 Å². The summed E-state index contributed by atoms with van der Waals surface area (Å²) in [5.74, 6) is 0.175. The van der Waals surface area contributed by atoms with E-state index in [1.54, 1.807) is 11.8 Å². The number of carbonyl (C=O) groups is 1. The maximum absolute atomic E-state index is 11.5. The molecule has 0 saturated carbocycles. The molecule has 0 unspecified atom stereocenters. The van der Waals surface area contributed by atoms with Crippen molar-refractivity contribution in [3.63, 3.8) is 0 Å². The van der Waals surface area contributed by atoms with E-state index in [-0.39, 0.29) is 18.6 Å². The number of esters is 1. The number of nitrogens with zero attached hydrogens (tertiary/aromatic N) is 4. The number of anilines is 1. The summed E-state index contributed by atoms with van der Waals surface area (Å²) < 4.78 is 4.94. The van der Waals surface area contributed by atoms with Crippen molar-refractivity contribution in [3.05, 3.63) is 11.4 Å². The maximum atomic E-state index is 11.5. The van der Waals surface area contributed by atoms with Gasteiger partial charge in [-0.25, -0.2) is 4.98 Å². The van der Waals surface area contributed by atoms with E-state index in [9.17, 15) is 4.79 Å². The second-order valence-electron chi connectivity index (χ2n) is 4.31. The molecule has 0 aliphatic heterocycles. The zero-order chi connectivity index (χ0) is 13.7. The van der Waals surface area contributed by atoms with Gasteiger partial charge in [0, 0.05) is 6.04 Å². The number of aryl methyl sites for hydroxylation is 2. The van der Waals surface area contributed by atoms with Crippen LogP contribution < -0.4 is 4.90 Å². The van der Waals surface area contributed by atoms with E-state index < -0.39 is 0 Å². The van der Waals surface area contributed by atoms with Gasteiger partial charge in [0.1, 0.15) is 6.54 Å². The molecule has 1 aromatic heterocycles. The summed E-state index contributed by atoms with van der Waals surface area (Å²) in [7, 11) is 0. The van der Waals surface area contributed by atoms with Crippen LogP contribution in [-0.2, 0) is 9.53 Å². The Balaban J connectivity index is 2.90. The second kappa shape index (κ2) is 6.28. The Hall–Kier alpha value is -1.72. The van der Waals surface area contributed by atoms with E-state index in [1.165, 1.54) is 0 Å². The van der Waals surface area contributed by atoms with Crippen LogP contribution in [0.3, 0.4) is 0 Å². The van der Waals surface area contributed by atoms with Crippen molar-refractivity contribution in [3.8, 4) is 0 Å². The third kappa shape index (κ3) is 3.65. The van der Waals surface area contributed by atoms with E-state index >= 15 is 0 Å². The standard InChI is InChI=1S/C12H20N4O2/c1-6-18-11(17)7-16(8(2)3)12-13-9(4)10(5)14-15-12/h8H,6-7H2,1-5H3. The fourth-order valence-corrected chi connectivity index (χ4v) is 1.40. The summed E-state index contributed by atoms with van der Waals surface area (Å²) in [4.78, 5) is 17.7. The lowest BCUT2D eigenvalue weighted by molar-refractivity contribution is -0.141. The van der Waals surface area contributed by atoms with Crippen molar-refractivity contribution >= 4 is 11.9 Å². The molecule has 0 atom stereocenters. The Labute approximate surface area is 107 Å². The van der Waals surface area contributed by atoms with Gasteiger partial charge in [-0.3, -0.25) is 4.79 Å². The van der Waals surface area contributed by atoms with Gasteiger partial charge in [0.05, 0.1) is 18.0 Å². The minimum absolute atomic E-state index is 0.0957. The lowest BCUT2D eigenvalue weighted by Crippen LogP contribution is -2.38. The van der Waals surface area contributed by atoms with Gasteiger partial charge in [-0.15, -0.1) is 5.10 Å². The maximum Gasteiger partial charge on any atom is 0.325 e. The smallest absolute Gasteiger partial charge is 0.325 e. The van der Waals surface area contributed by atoms with Gasteiger partial charge in [0.25, 0.3) is 0 Å². The van der Waals surface area contributed by atoms with Crippen LogP contribution in [-0.4, -0.2) is 40.3 Å². The molecule has 0 aliphatic rings. The lowest BCUT2D eigenvalue weighted by Gasteiger charge is -2.25. The molecule has 0 amide bonds. The average Bonchev–Trinajstić information content (AvgIpc) is 2.30. The Morgan fingerprint density at radius 1 is 1.28 bits per heavy atom. The summed E-state index contributed by atoms with van der Waals surface area (Å²) >= 11 is 0. The second-order valence-corrected chi connectivity index (χ2v) is 4.31. The lowest BCUT2D eigenvalue weighted by atomic mass is 10.3. The average molecular weight is 252 g/mol. The van der Waals surface area contributed by atoms with E-state index in [1.807, 2.05) is 27.7 Å². The number of aromatic nitrogens is 3. The first kappa shape index (κ1) is 14.3. The zero-order valence-corrected chi connectivity index (χ0v) is 11.6. The van der Waals surface area contributed by atoms with E-state index in [0.29, 0.717) is 12.6 Å². The Kier molecular flexibility index (Phi) is 5.00. The molecule has 0 fully saturated rings. The first-order chi connectivity index (χ1) is 8.45. The number of ether oxygens (including phenoxy) is 1. The highest BCUT2D eigenvalue weighted by Gasteiger charge is 2.19. The molecule has 18 heavy (non-hydrogen) atoms. The molecular weight excluding hydrogens is 232 g/mol. The normalized spacial score (nSPS) is 10.6. The molecule has 6 nitrogen and oxygen atoms in total. The van der Waals surface area contributed by atoms with Crippen LogP contribution in [0.1, 0.15) is 32.2 Å². The number of hydrogen-bond donors (Lipinski definition) is 0. The van der Waals surface area contributed by atoms with Gasteiger partial charge in [0.15, 0.2) is 0 Å². The molecule has 100 valence electrons. The monoisotopic (exact) mass is 252 g/mol. The molecule has 0 radical (unpaired) electrons. The van der Waals surface area contributed by atoms with E-state index in [0.717, 1.165) is 11.4 Å². The minimum atomic E-state index is -0.284. The summed E-state index contributed by atoms with van der Waals surface area (Å²) in [6, 6.07) is 0.0957. The fourth-order valence-electron chi connectivity index (χ4n) is 1.40. The quantitative estimate of drug-likeness (QED) is 0.735. The van der Waals surface area contributed by atoms with Crippen LogP contribution in [0.5, 0.6) is 0 Å². The van der Waals surface area contributed by atoms with Crippen LogP contribution in [0.15, 0.2) is 0 Å². The molecule has 6 heteroatoms. The molecule has 0 aromatic carbocycles. The third-order valence-electron chi connectivity index (χ3n) is 2.57. The first-order valence-corrected chi connectivity index (χ1v) is 6.05. The molecule has 0 bridgehead atoms. The summed E-state index contributed by atoms with van der Waals surface area (Å²) in [5.41, 5.74) is 1.60. The van der Waals surface area contributed by atoms with E-state index in [2.05, 4.69) is 15.2 Å². The van der Waals surface area contributed by atoms with E-state index in [4.69, 9.17) is 4.74 Å². The van der Waals surface area contributed by atoms with Crippen LogP contribution in [0.2, 0.25) is 0 Å². The molecular formula is C12H20N4O2. The highest BCUT2D eigenvalue weighted by atomic mass is 16.5. The van der Waals surface area contributed by atoms with Gasteiger partial charge >= 0.3 is 5.97 Å². The molecule has 1 aromatic rings.